The van der Waals surface area contributed by atoms with E-state index in [1.165, 1.54) is 6.07 Å². The molecule has 2 fully saturated rings. The Bertz CT molecular complexity index is 568. The highest BCUT2D eigenvalue weighted by Crippen LogP contribution is 2.46. The molecule has 1 saturated heterocycles. The zero-order valence-electron chi connectivity index (χ0n) is 11.7. The number of nitrogens with zero attached hydrogens (tertiary/aromatic N) is 1. The average molecular weight is 354 g/mol. The topological polar surface area (TPSA) is 42.2 Å². The Kier molecular flexibility index (Phi) is 4.04. The van der Waals surface area contributed by atoms with Crippen LogP contribution in [0.1, 0.15) is 36.8 Å². The molecule has 2 aliphatic rings. The Morgan fingerprint density at radius 3 is 2.38 bits per heavy atom. The molecule has 0 unspecified atom stereocenters. The number of hydrogen-bond acceptors (Lipinski definition) is 3. The lowest BCUT2D eigenvalue weighted by Crippen LogP contribution is -2.41. The van der Waals surface area contributed by atoms with Crippen molar-refractivity contribution in [2.24, 2.45) is 0 Å². The van der Waals surface area contributed by atoms with Crippen LogP contribution >= 0.6 is 15.9 Å². The molecule has 1 aliphatic heterocycles. The molecule has 1 aromatic rings. The molecule has 0 bridgehead atoms. The molecule has 1 aromatic carbocycles. The van der Waals surface area contributed by atoms with E-state index in [0.717, 1.165) is 5.56 Å². The van der Waals surface area contributed by atoms with Crippen molar-refractivity contribution in [2.75, 3.05) is 13.2 Å². The van der Waals surface area contributed by atoms with Crippen molar-refractivity contribution in [3.63, 3.8) is 0 Å². The minimum Gasteiger partial charge on any atom is -0.348 e. The third-order valence-corrected chi connectivity index (χ3v) is 5.25. The van der Waals surface area contributed by atoms with E-state index in [2.05, 4.69) is 22.0 Å². The van der Waals surface area contributed by atoms with Gasteiger partial charge in [-0.3, -0.25) is 0 Å². The van der Waals surface area contributed by atoms with Crippen LogP contribution < -0.4 is 0 Å². The second kappa shape index (κ2) is 5.68. The highest BCUT2D eigenvalue weighted by atomic mass is 79.9. The Balaban J connectivity index is 1.85. The third kappa shape index (κ3) is 2.61. The number of nitriles is 1. The zero-order valence-corrected chi connectivity index (χ0v) is 13.3. The highest BCUT2D eigenvalue weighted by Gasteiger charge is 2.47. The molecule has 0 atom stereocenters. The SMILES string of the molecule is N#CC1(c2ccc(CBr)c(F)c2)CCC2(CC1)OCCO2. The lowest BCUT2D eigenvalue weighted by atomic mass is 9.68. The fraction of sp³-hybridized carbons (Fsp3) is 0.562. The summed E-state index contributed by atoms with van der Waals surface area (Å²) in [5.74, 6) is -0.762. The van der Waals surface area contributed by atoms with E-state index in [9.17, 15) is 9.65 Å². The maximum Gasteiger partial charge on any atom is 0.168 e. The maximum atomic E-state index is 14.0. The molecule has 21 heavy (non-hydrogen) atoms. The standard InChI is InChI=1S/C16H17BrFNO2/c17-10-12-1-2-13(9-14(12)18)15(11-19)3-5-16(6-4-15)20-7-8-21-16/h1-2,9H,3-8,10H2. The van der Waals surface area contributed by atoms with Gasteiger partial charge in [0.05, 0.1) is 24.7 Å². The van der Waals surface area contributed by atoms with E-state index in [0.29, 0.717) is 49.8 Å². The molecule has 1 saturated carbocycles. The molecule has 3 rings (SSSR count). The molecule has 0 amide bonds. The van der Waals surface area contributed by atoms with Gasteiger partial charge in [0.25, 0.3) is 0 Å². The molecule has 1 heterocycles. The van der Waals surface area contributed by atoms with Crippen molar-refractivity contribution in [1.29, 1.82) is 5.26 Å². The van der Waals surface area contributed by atoms with Crippen LogP contribution in [0.2, 0.25) is 0 Å². The van der Waals surface area contributed by atoms with E-state index >= 15 is 0 Å². The smallest absolute Gasteiger partial charge is 0.168 e. The zero-order chi connectivity index (χ0) is 14.9. The van der Waals surface area contributed by atoms with Crippen LogP contribution in [0.25, 0.3) is 0 Å². The maximum absolute atomic E-state index is 14.0. The van der Waals surface area contributed by atoms with Gasteiger partial charge in [0.2, 0.25) is 0 Å². The minimum absolute atomic E-state index is 0.257. The quantitative estimate of drug-likeness (QED) is 0.759. The largest absolute Gasteiger partial charge is 0.348 e. The van der Waals surface area contributed by atoms with Gasteiger partial charge in [-0.25, -0.2) is 4.39 Å². The lowest BCUT2D eigenvalue weighted by Gasteiger charge is -2.40. The van der Waals surface area contributed by atoms with Gasteiger partial charge in [0.15, 0.2) is 5.79 Å². The molecule has 112 valence electrons. The summed E-state index contributed by atoms with van der Waals surface area (Å²) in [4.78, 5) is 0. The summed E-state index contributed by atoms with van der Waals surface area (Å²) in [7, 11) is 0. The normalized spacial score (nSPS) is 23.1. The van der Waals surface area contributed by atoms with Crippen LogP contribution in [0, 0.1) is 17.1 Å². The Hall–Kier alpha value is -0.960. The summed E-state index contributed by atoms with van der Waals surface area (Å²) in [6, 6.07) is 7.55. The second-order valence-electron chi connectivity index (χ2n) is 5.74. The molecule has 1 spiro atoms. The monoisotopic (exact) mass is 353 g/mol. The molecular formula is C16H17BrFNO2. The van der Waals surface area contributed by atoms with Crippen molar-refractivity contribution < 1.29 is 13.9 Å². The number of hydrogen-bond donors (Lipinski definition) is 0. The number of rotatable bonds is 2. The molecule has 0 N–H and O–H groups in total. The fourth-order valence-electron chi connectivity index (χ4n) is 3.26. The first-order valence-corrected chi connectivity index (χ1v) is 8.29. The minimum atomic E-state index is -0.633. The lowest BCUT2D eigenvalue weighted by molar-refractivity contribution is -0.182. The van der Waals surface area contributed by atoms with Gasteiger partial charge >= 0.3 is 0 Å². The molecule has 1 aliphatic carbocycles. The van der Waals surface area contributed by atoms with E-state index in [4.69, 9.17) is 9.47 Å². The summed E-state index contributed by atoms with van der Waals surface area (Å²) in [6.45, 7) is 1.24. The van der Waals surface area contributed by atoms with E-state index in [1.54, 1.807) is 6.07 Å². The Labute approximate surface area is 132 Å². The van der Waals surface area contributed by atoms with Gasteiger partial charge in [-0.05, 0) is 30.0 Å². The predicted molar refractivity (Wildman–Crippen MR) is 79.4 cm³/mol. The highest BCUT2D eigenvalue weighted by molar-refractivity contribution is 9.08. The molecule has 0 radical (unpaired) electrons. The molecule has 5 heteroatoms. The number of benzene rings is 1. The summed E-state index contributed by atoms with van der Waals surface area (Å²) < 4.78 is 25.4. The second-order valence-corrected chi connectivity index (χ2v) is 6.30. The van der Waals surface area contributed by atoms with Gasteiger partial charge in [-0.15, -0.1) is 0 Å². The Morgan fingerprint density at radius 1 is 1.19 bits per heavy atom. The van der Waals surface area contributed by atoms with Gasteiger partial charge in [-0.2, -0.15) is 5.26 Å². The van der Waals surface area contributed by atoms with E-state index < -0.39 is 11.2 Å². The van der Waals surface area contributed by atoms with Gasteiger partial charge in [-0.1, -0.05) is 28.1 Å². The van der Waals surface area contributed by atoms with Crippen LogP contribution in [-0.2, 0) is 20.2 Å². The summed E-state index contributed by atoms with van der Waals surface area (Å²) >= 11 is 3.26. The van der Waals surface area contributed by atoms with E-state index in [-0.39, 0.29) is 5.82 Å². The van der Waals surface area contributed by atoms with Crippen LogP contribution in [0.4, 0.5) is 4.39 Å². The van der Waals surface area contributed by atoms with Gasteiger partial charge < -0.3 is 9.47 Å². The number of halogens is 2. The van der Waals surface area contributed by atoms with Crippen molar-refractivity contribution in [2.45, 2.75) is 42.2 Å². The molecular weight excluding hydrogens is 337 g/mol. The third-order valence-electron chi connectivity index (χ3n) is 4.64. The van der Waals surface area contributed by atoms with E-state index in [1.807, 2.05) is 6.07 Å². The fourth-order valence-corrected chi connectivity index (χ4v) is 3.72. The first-order valence-electron chi connectivity index (χ1n) is 7.17. The van der Waals surface area contributed by atoms with Crippen LogP contribution in [0.15, 0.2) is 18.2 Å². The first-order chi connectivity index (χ1) is 10.1. The number of alkyl halides is 1. The number of ether oxygens (including phenoxy) is 2. The average Bonchev–Trinajstić information content (AvgIpc) is 2.97. The summed E-state index contributed by atoms with van der Waals surface area (Å²) in [6.07, 6.45) is 2.64. The van der Waals surface area contributed by atoms with Crippen molar-refractivity contribution in [1.82, 2.24) is 0 Å². The van der Waals surface area contributed by atoms with Crippen molar-refractivity contribution in [3.05, 3.63) is 35.1 Å². The van der Waals surface area contributed by atoms with Crippen LogP contribution in [-0.4, -0.2) is 19.0 Å². The summed E-state index contributed by atoms with van der Waals surface area (Å²) in [5.41, 5.74) is 0.744. The first kappa shape index (κ1) is 15.0. The molecule has 3 nitrogen and oxygen atoms in total. The van der Waals surface area contributed by atoms with Crippen LogP contribution in [0.5, 0.6) is 0 Å². The van der Waals surface area contributed by atoms with Crippen molar-refractivity contribution in [3.8, 4) is 6.07 Å². The molecule has 0 aromatic heterocycles. The Morgan fingerprint density at radius 2 is 1.86 bits per heavy atom. The van der Waals surface area contributed by atoms with Crippen LogP contribution in [0.3, 0.4) is 0 Å². The van der Waals surface area contributed by atoms with Gasteiger partial charge in [0, 0.05) is 18.2 Å². The summed E-state index contributed by atoms with van der Waals surface area (Å²) in [5, 5.41) is 10.2. The van der Waals surface area contributed by atoms with Gasteiger partial charge in [0.1, 0.15) is 5.82 Å². The predicted octanol–water partition coefficient (Wildman–Crippen LogP) is 3.80. The van der Waals surface area contributed by atoms with Crippen molar-refractivity contribution >= 4 is 15.9 Å².